The van der Waals surface area contributed by atoms with Gasteiger partial charge in [-0.1, -0.05) is 43.7 Å². The van der Waals surface area contributed by atoms with Gasteiger partial charge < -0.3 is 11.1 Å². The zero-order valence-electron chi connectivity index (χ0n) is 13.9. The van der Waals surface area contributed by atoms with E-state index in [0.717, 1.165) is 29.2 Å². The number of rotatable bonds is 4. The Kier molecular flexibility index (Phi) is 3.92. The molecule has 3 aliphatic carbocycles. The first kappa shape index (κ1) is 15.2. The molecule has 4 rings (SSSR count). The molecule has 3 saturated carbocycles. The number of amides is 1. The SMILES string of the molecule is CC(C(=O)NC1CC2CC1C1CCCC21)C(N)c1ccccc1. The van der Waals surface area contributed by atoms with Crippen LogP contribution in [0.15, 0.2) is 30.3 Å². The van der Waals surface area contributed by atoms with Gasteiger partial charge in [0.25, 0.3) is 0 Å². The molecule has 124 valence electrons. The number of hydrogen-bond donors (Lipinski definition) is 2. The fourth-order valence-corrected chi connectivity index (χ4v) is 5.68. The Morgan fingerprint density at radius 2 is 1.87 bits per heavy atom. The van der Waals surface area contributed by atoms with Gasteiger partial charge in [0.15, 0.2) is 0 Å². The van der Waals surface area contributed by atoms with Crippen LogP contribution in [0.5, 0.6) is 0 Å². The summed E-state index contributed by atoms with van der Waals surface area (Å²) < 4.78 is 0. The quantitative estimate of drug-likeness (QED) is 0.896. The number of hydrogen-bond acceptors (Lipinski definition) is 2. The molecule has 23 heavy (non-hydrogen) atoms. The number of benzene rings is 1. The molecular formula is C20H28N2O. The van der Waals surface area contributed by atoms with E-state index in [1.54, 1.807) is 0 Å². The van der Waals surface area contributed by atoms with E-state index in [1.807, 2.05) is 37.3 Å². The summed E-state index contributed by atoms with van der Waals surface area (Å²) in [6, 6.07) is 10.1. The van der Waals surface area contributed by atoms with Crippen LogP contribution in [0.2, 0.25) is 0 Å². The Morgan fingerprint density at radius 1 is 1.13 bits per heavy atom. The molecule has 0 aliphatic heterocycles. The molecule has 3 nitrogen and oxygen atoms in total. The highest BCUT2D eigenvalue weighted by atomic mass is 16.2. The first-order chi connectivity index (χ1) is 11.1. The minimum absolute atomic E-state index is 0.133. The van der Waals surface area contributed by atoms with Crippen molar-refractivity contribution in [1.29, 1.82) is 0 Å². The molecule has 0 spiro atoms. The van der Waals surface area contributed by atoms with E-state index in [0.29, 0.717) is 6.04 Å². The monoisotopic (exact) mass is 312 g/mol. The molecular weight excluding hydrogens is 284 g/mol. The molecule has 7 unspecified atom stereocenters. The van der Waals surface area contributed by atoms with Crippen molar-refractivity contribution in [3.05, 3.63) is 35.9 Å². The van der Waals surface area contributed by atoms with E-state index >= 15 is 0 Å². The molecule has 0 saturated heterocycles. The molecule has 7 atom stereocenters. The summed E-state index contributed by atoms with van der Waals surface area (Å²) >= 11 is 0. The van der Waals surface area contributed by atoms with Crippen molar-refractivity contribution in [2.45, 2.75) is 51.1 Å². The fraction of sp³-hybridized carbons (Fsp3) is 0.650. The molecule has 3 aliphatic rings. The predicted octanol–water partition coefficient (Wildman–Crippen LogP) is 3.26. The van der Waals surface area contributed by atoms with Crippen LogP contribution in [0.4, 0.5) is 0 Å². The average molecular weight is 312 g/mol. The van der Waals surface area contributed by atoms with Crippen LogP contribution in [0.1, 0.15) is 50.6 Å². The van der Waals surface area contributed by atoms with Gasteiger partial charge in [-0.05, 0) is 54.9 Å². The third kappa shape index (κ3) is 2.59. The molecule has 0 heterocycles. The van der Waals surface area contributed by atoms with Gasteiger partial charge in [0, 0.05) is 12.1 Å². The summed E-state index contributed by atoms with van der Waals surface area (Å²) in [4.78, 5) is 12.7. The first-order valence-electron chi connectivity index (χ1n) is 9.26. The molecule has 1 amide bonds. The largest absolute Gasteiger partial charge is 0.353 e. The molecule has 2 bridgehead atoms. The molecule has 0 radical (unpaired) electrons. The van der Waals surface area contributed by atoms with Crippen LogP contribution >= 0.6 is 0 Å². The Labute approximate surface area is 139 Å². The van der Waals surface area contributed by atoms with Gasteiger partial charge in [0.1, 0.15) is 0 Å². The lowest BCUT2D eigenvalue weighted by Gasteiger charge is -2.33. The molecule has 3 N–H and O–H groups in total. The van der Waals surface area contributed by atoms with Crippen molar-refractivity contribution >= 4 is 5.91 Å². The molecule has 0 aromatic heterocycles. The third-order valence-electron chi connectivity index (χ3n) is 6.89. The zero-order chi connectivity index (χ0) is 16.0. The topological polar surface area (TPSA) is 55.1 Å². The average Bonchev–Trinajstić information content (AvgIpc) is 3.27. The lowest BCUT2D eigenvalue weighted by molar-refractivity contribution is -0.126. The number of carbonyl (C=O) groups is 1. The van der Waals surface area contributed by atoms with Crippen LogP contribution in [-0.2, 0) is 4.79 Å². The highest BCUT2D eigenvalue weighted by Crippen LogP contribution is 2.58. The van der Waals surface area contributed by atoms with Crippen LogP contribution < -0.4 is 11.1 Å². The fourth-order valence-electron chi connectivity index (χ4n) is 5.68. The Morgan fingerprint density at radius 3 is 2.65 bits per heavy atom. The summed E-state index contributed by atoms with van der Waals surface area (Å²) in [7, 11) is 0. The first-order valence-corrected chi connectivity index (χ1v) is 9.26. The maximum absolute atomic E-state index is 12.7. The van der Waals surface area contributed by atoms with Crippen molar-refractivity contribution in [2.24, 2.45) is 35.3 Å². The summed E-state index contributed by atoms with van der Waals surface area (Å²) in [5.74, 6) is 3.41. The molecule has 3 fully saturated rings. The van der Waals surface area contributed by atoms with Crippen molar-refractivity contribution in [3.8, 4) is 0 Å². The van der Waals surface area contributed by atoms with Gasteiger partial charge in [-0.3, -0.25) is 4.79 Å². The standard InChI is InChI=1S/C20H28N2O/c1-12(19(21)13-6-3-2-4-7-13)20(23)22-18-11-14-10-17(18)16-9-5-8-15(14)16/h2-4,6-7,12,14-19H,5,8-11,21H2,1H3,(H,22,23). The highest BCUT2D eigenvalue weighted by Gasteiger charge is 2.54. The summed E-state index contributed by atoms with van der Waals surface area (Å²) in [5.41, 5.74) is 7.36. The van der Waals surface area contributed by atoms with Crippen LogP contribution in [-0.4, -0.2) is 11.9 Å². The van der Waals surface area contributed by atoms with Gasteiger partial charge >= 0.3 is 0 Å². The van der Waals surface area contributed by atoms with Crippen LogP contribution in [0.25, 0.3) is 0 Å². The van der Waals surface area contributed by atoms with Crippen LogP contribution in [0, 0.1) is 29.6 Å². The Balaban J connectivity index is 1.39. The van der Waals surface area contributed by atoms with E-state index in [9.17, 15) is 4.79 Å². The second kappa shape index (κ2) is 5.94. The van der Waals surface area contributed by atoms with Gasteiger partial charge in [0.2, 0.25) is 5.91 Å². The van der Waals surface area contributed by atoms with E-state index in [4.69, 9.17) is 5.73 Å². The lowest BCUT2D eigenvalue weighted by atomic mass is 9.79. The summed E-state index contributed by atoms with van der Waals surface area (Å²) in [6.07, 6.45) is 6.77. The van der Waals surface area contributed by atoms with E-state index in [-0.39, 0.29) is 17.9 Å². The Hall–Kier alpha value is -1.35. The maximum Gasteiger partial charge on any atom is 0.224 e. The molecule has 1 aromatic rings. The zero-order valence-corrected chi connectivity index (χ0v) is 13.9. The smallest absolute Gasteiger partial charge is 0.224 e. The van der Waals surface area contributed by atoms with E-state index < -0.39 is 0 Å². The summed E-state index contributed by atoms with van der Waals surface area (Å²) in [6.45, 7) is 1.96. The normalized spacial score (nSPS) is 37.4. The van der Waals surface area contributed by atoms with Crippen molar-refractivity contribution in [1.82, 2.24) is 5.32 Å². The van der Waals surface area contributed by atoms with Crippen molar-refractivity contribution in [2.75, 3.05) is 0 Å². The molecule has 1 aromatic carbocycles. The lowest BCUT2D eigenvalue weighted by Crippen LogP contribution is -2.46. The van der Waals surface area contributed by atoms with E-state index in [2.05, 4.69) is 5.32 Å². The van der Waals surface area contributed by atoms with Crippen molar-refractivity contribution in [3.63, 3.8) is 0 Å². The number of fused-ring (bicyclic) bond motifs is 5. The second-order valence-corrected chi connectivity index (χ2v) is 7.99. The summed E-state index contributed by atoms with van der Waals surface area (Å²) in [5, 5.41) is 3.35. The number of carbonyl (C=O) groups excluding carboxylic acids is 1. The highest BCUT2D eigenvalue weighted by molar-refractivity contribution is 5.79. The van der Waals surface area contributed by atoms with Crippen LogP contribution in [0.3, 0.4) is 0 Å². The number of nitrogens with two attached hydrogens (primary N) is 1. The van der Waals surface area contributed by atoms with Gasteiger partial charge in [-0.15, -0.1) is 0 Å². The minimum atomic E-state index is -0.228. The third-order valence-corrected chi connectivity index (χ3v) is 6.89. The van der Waals surface area contributed by atoms with Gasteiger partial charge in [-0.2, -0.15) is 0 Å². The van der Waals surface area contributed by atoms with Gasteiger partial charge in [0.05, 0.1) is 5.92 Å². The van der Waals surface area contributed by atoms with Gasteiger partial charge in [-0.25, -0.2) is 0 Å². The Bertz CT molecular complexity index is 572. The van der Waals surface area contributed by atoms with E-state index in [1.165, 1.54) is 32.1 Å². The minimum Gasteiger partial charge on any atom is -0.353 e. The van der Waals surface area contributed by atoms with Crippen molar-refractivity contribution < 1.29 is 4.79 Å². The number of nitrogens with one attached hydrogen (secondary N) is 1. The second-order valence-electron chi connectivity index (χ2n) is 7.99. The maximum atomic E-state index is 12.7. The predicted molar refractivity (Wildman–Crippen MR) is 91.5 cm³/mol. The molecule has 3 heteroatoms.